The first kappa shape index (κ1) is 10.2. The van der Waals surface area contributed by atoms with E-state index in [2.05, 4.69) is 8.70 Å². The molecule has 2 rings (SSSR count). The topological polar surface area (TPSA) is 24.8 Å². The van der Waals surface area contributed by atoms with Crippen molar-refractivity contribution in [2.75, 3.05) is 32.1 Å². The standard InChI is InChI=1S/C7H12N2OS3/c1-6-11-8-7(1)12-13-9-2-4-10-5-3-9/h1-6H2. The molecule has 0 aromatic heterocycles. The Balaban J connectivity index is 1.66. The summed E-state index contributed by atoms with van der Waals surface area (Å²) in [6, 6.07) is 0. The molecule has 6 heteroatoms. The van der Waals surface area contributed by atoms with Gasteiger partial charge in [-0.15, -0.1) is 0 Å². The maximum Gasteiger partial charge on any atom is 0.0941 e. The third-order valence-corrected chi connectivity index (χ3v) is 5.21. The van der Waals surface area contributed by atoms with Gasteiger partial charge in [-0.2, -0.15) is 0 Å². The van der Waals surface area contributed by atoms with Crippen LogP contribution in [0.2, 0.25) is 0 Å². The van der Waals surface area contributed by atoms with Crippen LogP contribution in [-0.4, -0.2) is 41.4 Å². The lowest BCUT2D eigenvalue weighted by Crippen LogP contribution is -2.30. The van der Waals surface area contributed by atoms with E-state index in [1.165, 1.54) is 5.04 Å². The SMILES string of the molecule is C1CN(SSC2=NSCC2)CCO1. The van der Waals surface area contributed by atoms with E-state index in [9.17, 15) is 0 Å². The summed E-state index contributed by atoms with van der Waals surface area (Å²) < 4.78 is 12.0. The summed E-state index contributed by atoms with van der Waals surface area (Å²) in [5.41, 5.74) is 0. The van der Waals surface area contributed by atoms with Crippen LogP contribution >= 0.6 is 33.7 Å². The van der Waals surface area contributed by atoms with Gasteiger partial charge in [0, 0.05) is 25.3 Å². The van der Waals surface area contributed by atoms with Gasteiger partial charge in [0.1, 0.15) is 0 Å². The average molecular weight is 236 g/mol. The van der Waals surface area contributed by atoms with Crippen molar-refractivity contribution in [3.05, 3.63) is 0 Å². The molecule has 0 unspecified atom stereocenters. The lowest BCUT2D eigenvalue weighted by Gasteiger charge is -2.24. The van der Waals surface area contributed by atoms with Crippen LogP contribution in [0.25, 0.3) is 0 Å². The molecule has 0 bridgehead atoms. The van der Waals surface area contributed by atoms with Gasteiger partial charge in [0.15, 0.2) is 0 Å². The van der Waals surface area contributed by atoms with Crippen LogP contribution < -0.4 is 0 Å². The zero-order valence-electron chi connectivity index (χ0n) is 7.27. The first-order chi connectivity index (χ1) is 6.45. The molecule has 0 aliphatic carbocycles. The predicted molar refractivity (Wildman–Crippen MR) is 62.1 cm³/mol. The van der Waals surface area contributed by atoms with E-state index in [4.69, 9.17) is 4.74 Å². The number of rotatable bonds is 2. The van der Waals surface area contributed by atoms with Crippen molar-refractivity contribution >= 4 is 38.8 Å². The number of hydrogen-bond acceptors (Lipinski definition) is 6. The van der Waals surface area contributed by atoms with E-state index in [1.807, 2.05) is 11.0 Å². The average Bonchev–Trinajstić information content (AvgIpc) is 2.69. The van der Waals surface area contributed by atoms with Gasteiger partial charge in [0.05, 0.1) is 18.3 Å². The fourth-order valence-electron chi connectivity index (χ4n) is 1.07. The summed E-state index contributed by atoms with van der Waals surface area (Å²) in [6.07, 6.45) is 1.15. The molecule has 0 N–H and O–H groups in total. The van der Waals surface area contributed by atoms with Crippen molar-refractivity contribution in [2.45, 2.75) is 6.42 Å². The Bertz CT molecular complexity index is 194. The monoisotopic (exact) mass is 236 g/mol. The molecule has 0 atom stereocenters. The second kappa shape index (κ2) is 5.50. The van der Waals surface area contributed by atoms with Crippen LogP contribution in [0, 0.1) is 0 Å². The first-order valence-electron chi connectivity index (χ1n) is 4.31. The highest BCUT2D eigenvalue weighted by molar-refractivity contribution is 8.81. The molecule has 2 aliphatic heterocycles. The minimum absolute atomic E-state index is 0.870. The molecule has 0 aromatic carbocycles. The third kappa shape index (κ3) is 3.36. The second-order valence-electron chi connectivity index (χ2n) is 2.77. The Labute approximate surface area is 90.7 Å². The molecule has 0 amide bonds. The fourth-order valence-corrected chi connectivity index (χ4v) is 4.31. The molecule has 3 nitrogen and oxygen atoms in total. The summed E-state index contributed by atoms with van der Waals surface area (Å²) in [7, 11) is 3.63. The molecule has 2 heterocycles. The lowest BCUT2D eigenvalue weighted by molar-refractivity contribution is 0.0779. The highest BCUT2D eigenvalue weighted by Crippen LogP contribution is 2.33. The van der Waals surface area contributed by atoms with Crippen LogP contribution in [0.5, 0.6) is 0 Å². The van der Waals surface area contributed by atoms with Gasteiger partial charge < -0.3 is 4.74 Å². The summed E-state index contributed by atoms with van der Waals surface area (Å²) in [5.74, 6) is 1.16. The molecule has 1 saturated heterocycles. The Morgan fingerprint density at radius 1 is 1.38 bits per heavy atom. The van der Waals surface area contributed by atoms with E-state index < -0.39 is 0 Å². The number of hydrogen-bond donors (Lipinski definition) is 0. The maximum absolute atomic E-state index is 5.27. The highest BCUT2D eigenvalue weighted by Gasteiger charge is 2.14. The van der Waals surface area contributed by atoms with Gasteiger partial charge in [-0.1, -0.05) is 0 Å². The summed E-state index contributed by atoms with van der Waals surface area (Å²) in [4.78, 5) is 0. The van der Waals surface area contributed by atoms with Crippen LogP contribution in [-0.2, 0) is 4.74 Å². The summed E-state index contributed by atoms with van der Waals surface area (Å²) in [6.45, 7) is 3.82. The predicted octanol–water partition coefficient (Wildman–Crippen LogP) is 2.07. The van der Waals surface area contributed by atoms with Crippen molar-refractivity contribution < 1.29 is 4.74 Å². The zero-order valence-corrected chi connectivity index (χ0v) is 9.72. The smallest absolute Gasteiger partial charge is 0.0941 e. The van der Waals surface area contributed by atoms with Gasteiger partial charge in [-0.05, 0) is 33.7 Å². The molecule has 0 radical (unpaired) electrons. The molecule has 2 aliphatic rings. The zero-order chi connectivity index (χ0) is 8.93. The maximum atomic E-state index is 5.27. The van der Waals surface area contributed by atoms with Crippen LogP contribution in [0.1, 0.15) is 6.42 Å². The van der Waals surface area contributed by atoms with Gasteiger partial charge in [0.2, 0.25) is 0 Å². The molecule has 0 saturated carbocycles. The molecule has 0 spiro atoms. The fraction of sp³-hybridized carbons (Fsp3) is 0.857. The second-order valence-corrected chi connectivity index (χ2v) is 5.87. The van der Waals surface area contributed by atoms with Crippen LogP contribution in [0.15, 0.2) is 4.40 Å². The normalized spacial score (nSPS) is 24.8. The Morgan fingerprint density at radius 2 is 2.23 bits per heavy atom. The minimum atomic E-state index is 0.870. The van der Waals surface area contributed by atoms with E-state index in [0.29, 0.717) is 0 Å². The molecule has 1 fully saturated rings. The lowest BCUT2D eigenvalue weighted by atomic mass is 10.5. The number of ether oxygens (including phenoxy) is 1. The molecular weight excluding hydrogens is 224 g/mol. The van der Waals surface area contributed by atoms with E-state index >= 15 is 0 Å². The van der Waals surface area contributed by atoms with Gasteiger partial charge in [-0.25, -0.2) is 8.70 Å². The van der Waals surface area contributed by atoms with Crippen molar-refractivity contribution in [3.63, 3.8) is 0 Å². The molecule has 74 valence electrons. The van der Waals surface area contributed by atoms with Gasteiger partial charge in [-0.3, -0.25) is 0 Å². The first-order valence-corrected chi connectivity index (χ1v) is 7.36. The van der Waals surface area contributed by atoms with Crippen molar-refractivity contribution in [1.82, 2.24) is 4.31 Å². The van der Waals surface area contributed by atoms with Crippen molar-refractivity contribution in [3.8, 4) is 0 Å². The largest absolute Gasteiger partial charge is 0.379 e. The molecular formula is C7H12N2OS3. The third-order valence-electron chi connectivity index (χ3n) is 1.78. The van der Waals surface area contributed by atoms with Gasteiger partial charge in [0.25, 0.3) is 0 Å². The number of nitrogens with zero attached hydrogens (tertiary/aromatic N) is 2. The van der Waals surface area contributed by atoms with Crippen LogP contribution in [0.3, 0.4) is 0 Å². The van der Waals surface area contributed by atoms with E-state index in [1.54, 1.807) is 22.7 Å². The van der Waals surface area contributed by atoms with Crippen LogP contribution in [0.4, 0.5) is 0 Å². The highest BCUT2D eigenvalue weighted by atomic mass is 33.1. The van der Waals surface area contributed by atoms with E-state index in [0.717, 1.165) is 38.5 Å². The van der Waals surface area contributed by atoms with Gasteiger partial charge >= 0.3 is 0 Å². The Morgan fingerprint density at radius 3 is 2.92 bits per heavy atom. The quantitative estimate of drug-likeness (QED) is 0.540. The van der Waals surface area contributed by atoms with Crippen molar-refractivity contribution in [1.29, 1.82) is 0 Å². The minimum Gasteiger partial charge on any atom is -0.379 e. The Hall–Kier alpha value is 0.640. The van der Waals surface area contributed by atoms with E-state index in [-0.39, 0.29) is 0 Å². The molecule has 13 heavy (non-hydrogen) atoms. The Kier molecular flexibility index (Phi) is 4.30. The summed E-state index contributed by atoms with van der Waals surface area (Å²) in [5, 5.41) is 1.28. The molecule has 0 aromatic rings. The van der Waals surface area contributed by atoms with Crippen molar-refractivity contribution in [2.24, 2.45) is 4.40 Å². The number of morpholine rings is 1. The summed E-state index contributed by atoms with van der Waals surface area (Å²) >= 11 is 1.68.